The molecule has 0 aromatic carbocycles. The molecule has 6 heteroatoms. The summed E-state index contributed by atoms with van der Waals surface area (Å²) in [5, 5.41) is 0. The molecule has 3 heterocycles. The highest BCUT2D eigenvalue weighted by molar-refractivity contribution is 5.83. The van der Waals surface area contributed by atoms with E-state index in [2.05, 4.69) is 9.88 Å². The van der Waals surface area contributed by atoms with E-state index >= 15 is 0 Å². The van der Waals surface area contributed by atoms with E-state index in [4.69, 9.17) is 4.98 Å². The van der Waals surface area contributed by atoms with Crippen LogP contribution < -0.4 is 0 Å². The Balaban J connectivity index is 1.33. The molecule has 0 spiro atoms. The van der Waals surface area contributed by atoms with Crippen molar-refractivity contribution in [2.75, 3.05) is 13.1 Å². The second-order valence-corrected chi connectivity index (χ2v) is 8.72. The molecule has 144 valence electrons. The Morgan fingerprint density at radius 1 is 1.07 bits per heavy atom. The quantitative estimate of drug-likeness (QED) is 0.804. The fourth-order valence-corrected chi connectivity index (χ4v) is 5.61. The molecule has 6 nitrogen and oxygen atoms in total. The molecule has 1 aromatic rings. The third-order valence-electron chi connectivity index (χ3n) is 7.17. The topological polar surface area (TPSA) is 66.4 Å². The lowest BCUT2D eigenvalue weighted by molar-refractivity contribution is -0.134. The number of carbonyl (C=O) groups is 2. The first-order valence-electron chi connectivity index (χ1n) is 10.5. The molecule has 1 saturated heterocycles. The van der Waals surface area contributed by atoms with E-state index in [-0.39, 0.29) is 17.9 Å². The van der Waals surface area contributed by atoms with Gasteiger partial charge in [-0.05, 0) is 37.5 Å². The number of nitrogens with zero attached hydrogens (tertiary/aromatic N) is 4. The number of aromatic nitrogens is 2. The van der Waals surface area contributed by atoms with E-state index in [0.717, 1.165) is 49.4 Å². The maximum atomic E-state index is 13.2. The van der Waals surface area contributed by atoms with Crippen molar-refractivity contribution >= 4 is 11.8 Å². The Labute approximate surface area is 160 Å². The van der Waals surface area contributed by atoms with Crippen molar-refractivity contribution in [3.8, 4) is 0 Å². The van der Waals surface area contributed by atoms with Crippen molar-refractivity contribution < 1.29 is 9.59 Å². The minimum Gasteiger partial charge on any atom is -0.338 e. The Hall–Kier alpha value is -1.98. The molecule has 2 aliphatic heterocycles. The van der Waals surface area contributed by atoms with Crippen LogP contribution in [0.25, 0.3) is 0 Å². The molecule has 0 unspecified atom stereocenters. The number of amides is 2. The number of fused-ring (bicyclic) bond motifs is 2. The summed E-state index contributed by atoms with van der Waals surface area (Å²) in [6.45, 7) is 3.77. The van der Waals surface area contributed by atoms with Crippen molar-refractivity contribution in [2.45, 2.75) is 64.5 Å². The zero-order valence-corrected chi connectivity index (χ0v) is 16.1. The summed E-state index contributed by atoms with van der Waals surface area (Å²) in [6, 6.07) is 0.0382. The lowest BCUT2D eigenvalue weighted by atomic mass is 10.0. The maximum absolute atomic E-state index is 13.2. The standard InChI is InChI=1S/C21H28N4O2/c1-13(26)24-10-8-17-14(12-24)11-22-20(23-17)18-7-4-9-25(18)21(27)19-15-5-2-3-6-16(15)19/h11,15-16,18-19H,2-10,12H2,1H3/t15-,16-,18+/m1/s1. The molecule has 27 heavy (non-hydrogen) atoms. The van der Waals surface area contributed by atoms with Crippen molar-refractivity contribution in [3.05, 3.63) is 23.3 Å². The largest absolute Gasteiger partial charge is 0.338 e. The summed E-state index contributed by atoms with van der Waals surface area (Å²) in [4.78, 5) is 38.2. The highest BCUT2D eigenvalue weighted by atomic mass is 16.2. The van der Waals surface area contributed by atoms with Gasteiger partial charge < -0.3 is 9.80 Å². The fourth-order valence-electron chi connectivity index (χ4n) is 5.61. The first kappa shape index (κ1) is 17.1. The van der Waals surface area contributed by atoms with E-state index in [1.165, 1.54) is 25.7 Å². The van der Waals surface area contributed by atoms with E-state index in [1.54, 1.807) is 6.92 Å². The van der Waals surface area contributed by atoms with Crippen LogP contribution in [-0.2, 0) is 22.6 Å². The summed E-state index contributed by atoms with van der Waals surface area (Å²) in [5.74, 6) is 2.83. The number of hydrogen-bond acceptors (Lipinski definition) is 4. The molecule has 2 aliphatic carbocycles. The number of hydrogen-bond donors (Lipinski definition) is 0. The van der Waals surface area contributed by atoms with Gasteiger partial charge in [-0.15, -0.1) is 0 Å². The Morgan fingerprint density at radius 3 is 2.59 bits per heavy atom. The third kappa shape index (κ3) is 2.93. The number of likely N-dealkylation sites (tertiary alicyclic amines) is 1. The lowest BCUT2D eigenvalue weighted by Crippen LogP contribution is -2.36. The minimum atomic E-state index is 0.0382. The Morgan fingerprint density at radius 2 is 1.85 bits per heavy atom. The van der Waals surface area contributed by atoms with Crippen LogP contribution in [0.15, 0.2) is 6.20 Å². The maximum Gasteiger partial charge on any atom is 0.226 e. The van der Waals surface area contributed by atoms with Gasteiger partial charge in [-0.3, -0.25) is 9.59 Å². The van der Waals surface area contributed by atoms with Gasteiger partial charge in [-0.25, -0.2) is 9.97 Å². The molecule has 1 aromatic heterocycles. The summed E-state index contributed by atoms with van der Waals surface area (Å²) >= 11 is 0. The predicted molar refractivity (Wildman–Crippen MR) is 99.5 cm³/mol. The average molecular weight is 368 g/mol. The lowest BCUT2D eigenvalue weighted by Gasteiger charge is -2.29. The first-order valence-corrected chi connectivity index (χ1v) is 10.5. The highest BCUT2D eigenvalue weighted by Crippen LogP contribution is 2.56. The van der Waals surface area contributed by atoms with E-state index in [1.807, 2.05) is 11.1 Å². The first-order chi connectivity index (χ1) is 13.1. The number of carbonyl (C=O) groups excluding carboxylic acids is 2. The van der Waals surface area contributed by atoms with Crippen LogP contribution in [0.3, 0.4) is 0 Å². The molecule has 2 saturated carbocycles. The molecule has 0 radical (unpaired) electrons. The van der Waals surface area contributed by atoms with Gasteiger partial charge in [0.15, 0.2) is 5.82 Å². The third-order valence-corrected chi connectivity index (χ3v) is 7.17. The SMILES string of the molecule is CC(=O)N1CCc2nc([C@@H]3CCCN3C(=O)C3[C@@H]4CCCC[C@@H]34)ncc2C1. The van der Waals surface area contributed by atoms with Gasteiger partial charge >= 0.3 is 0 Å². The average Bonchev–Trinajstić information content (AvgIpc) is 3.21. The molecule has 5 rings (SSSR count). The number of rotatable bonds is 2. The predicted octanol–water partition coefficient (Wildman–Crippen LogP) is 2.48. The smallest absolute Gasteiger partial charge is 0.226 e. The van der Waals surface area contributed by atoms with Gasteiger partial charge in [0.1, 0.15) is 0 Å². The van der Waals surface area contributed by atoms with Gasteiger partial charge in [0, 0.05) is 50.7 Å². The second-order valence-electron chi connectivity index (χ2n) is 8.72. The summed E-state index contributed by atoms with van der Waals surface area (Å²) in [7, 11) is 0. The monoisotopic (exact) mass is 368 g/mol. The van der Waals surface area contributed by atoms with Gasteiger partial charge in [0.2, 0.25) is 11.8 Å². The summed E-state index contributed by atoms with van der Waals surface area (Å²) in [6.07, 6.45) is 9.72. The van der Waals surface area contributed by atoms with Crippen LogP contribution in [-0.4, -0.2) is 44.7 Å². The van der Waals surface area contributed by atoms with Gasteiger partial charge in [0.25, 0.3) is 0 Å². The zero-order chi connectivity index (χ0) is 18.5. The zero-order valence-electron chi connectivity index (χ0n) is 16.1. The summed E-state index contributed by atoms with van der Waals surface area (Å²) in [5.41, 5.74) is 2.10. The van der Waals surface area contributed by atoms with E-state index in [0.29, 0.717) is 24.3 Å². The molecule has 3 atom stereocenters. The van der Waals surface area contributed by atoms with Crippen molar-refractivity contribution in [2.24, 2.45) is 17.8 Å². The van der Waals surface area contributed by atoms with Crippen LogP contribution in [0.5, 0.6) is 0 Å². The normalized spacial score (nSPS) is 32.0. The van der Waals surface area contributed by atoms with Crippen LogP contribution in [0, 0.1) is 17.8 Å². The molecule has 0 N–H and O–H groups in total. The van der Waals surface area contributed by atoms with Crippen molar-refractivity contribution in [1.82, 2.24) is 19.8 Å². The van der Waals surface area contributed by atoms with E-state index < -0.39 is 0 Å². The van der Waals surface area contributed by atoms with Crippen molar-refractivity contribution in [1.29, 1.82) is 0 Å². The second kappa shape index (κ2) is 6.57. The molecule has 4 aliphatic rings. The van der Waals surface area contributed by atoms with Gasteiger partial charge in [-0.1, -0.05) is 12.8 Å². The molecule has 0 bridgehead atoms. The van der Waals surface area contributed by atoms with Gasteiger partial charge in [-0.2, -0.15) is 0 Å². The molecular formula is C21H28N4O2. The van der Waals surface area contributed by atoms with E-state index in [9.17, 15) is 9.59 Å². The Kier molecular flexibility index (Phi) is 4.17. The van der Waals surface area contributed by atoms with Crippen LogP contribution in [0.4, 0.5) is 0 Å². The minimum absolute atomic E-state index is 0.0382. The molecular weight excluding hydrogens is 340 g/mol. The highest BCUT2D eigenvalue weighted by Gasteiger charge is 2.56. The fraction of sp³-hybridized carbons (Fsp3) is 0.714. The molecule has 2 amide bonds. The van der Waals surface area contributed by atoms with Crippen molar-refractivity contribution in [3.63, 3.8) is 0 Å². The van der Waals surface area contributed by atoms with Crippen LogP contribution >= 0.6 is 0 Å². The Bertz CT molecular complexity index is 767. The van der Waals surface area contributed by atoms with Crippen LogP contribution in [0.1, 0.15) is 68.6 Å². The summed E-state index contributed by atoms with van der Waals surface area (Å²) < 4.78 is 0. The van der Waals surface area contributed by atoms with Gasteiger partial charge in [0.05, 0.1) is 11.7 Å². The molecule has 3 fully saturated rings. The van der Waals surface area contributed by atoms with Crippen LogP contribution in [0.2, 0.25) is 0 Å².